The Hall–Kier alpha value is -2.79. The largest absolute Gasteiger partial charge is 0.484 e. The highest BCUT2D eigenvalue weighted by molar-refractivity contribution is 6.30. The normalized spacial score (nSPS) is 10.6. The number of amides is 1. The first-order valence-electron chi connectivity index (χ1n) is 7.24. The van der Waals surface area contributed by atoms with Crippen LogP contribution < -0.4 is 15.7 Å². The Bertz CT molecular complexity index is 947. The van der Waals surface area contributed by atoms with E-state index in [1.54, 1.807) is 42.5 Å². The van der Waals surface area contributed by atoms with Crippen molar-refractivity contribution in [3.8, 4) is 5.75 Å². The van der Waals surface area contributed by atoms with E-state index in [1.807, 2.05) is 6.92 Å². The van der Waals surface area contributed by atoms with Crippen LogP contribution in [0.3, 0.4) is 0 Å². The molecule has 1 N–H and O–H groups in total. The maximum absolute atomic E-state index is 11.9. The van der Waals surface area contributed by atoms with Crippen LogP contribution in [0, 0.1) is 6.92 Å². The average Bonchev–Trinajstić information content (AvgIpc) is 2.55. The van der Waals surface area contributed by atoms with E-state index in [4.69, 9.17) is 20.8 Å². The van der Waals surface area contributed by atoms with Gasteiger partial charge in [0, 0.05) is 22.2 Å². The number of rotatable bonds is 4. The summed E-state index contributed by atoms with van der Waals surface area (Å²) in [5.41, 5.74) is 1.52. The van der Waals surface area contributed by atoms with Crippen molar-refractivity contribution in [2.75, 3.05) is 11.9 Å². The van der Waals surface area contributed by atoms with E-state index in [-0.39, 0.29) is 12.5 Å². The van der Waals surface area contributed by atoms with Crippen molar-refractivity contribution >= 4 is 34.2 Å². The van der Waals surface area contributed by atoms with Crippen LogP contribution in [0.15, 0.2) is 57.7 Å². The fraction of sp³-hybridized carbons (Fsp3) is 0.111. The first-order valence-corrected chi connectivity index (χ1v) is 7.62. The van der Waals surface area contributed by atoms with Crippen molar-refractivity contribution in [3.05, 3.63) is 69.5 Å². The van der Waals surface area contributed by atoms with Gasteiger partial charge in [-0.25, -0.2) is 4.79 Å². The molecule has 0 aliphatic rings. The number of hydrogen-bond donors (Lipinski definition) is 1. The predicted molar refractivity (Wildman–Crippen MR) is 92.8 cm³/mol. The molecule has 0 fully saturated rings. The van der Waals surface area contributed by atoms with E-state index in [0.29, 0.717) is 22.0 Å². The molecule has 0 unspecified atom stereocenters. The molecular formula is C18H14ClNO4. The molecule has 0 radical (unpaired) electrons. The Labute approximate surface area is 142 Å². The third-order valence-corrected chi connectivity index (χ3v) is 3.67. The van der Waals surface area contributed by atoms with E-state index in [0.717, 1.165) is 10.9 Å². The topological polar surface area (TPSA) is 68.5 Å². The number of anilines is 1. The van der Waals surface area contributed by atoms with Crippen LogP contribution in [-0.2, 0) is 4.79 Å². The first-order chi connectivity index (χ1) is 11.5. The van der Waals surface area contributed by atoms with Crippen LogP contribution in [-0.4, -0.2) is 12.5 Å². The lowest BCUT2D eigenvalue weighted by molar-refractivity contribution is -0.118. The minimum Gasteiger partial charge on any atom is -0.484 e. The summed E-state index contributed by atoms with van der Waals surface area (Å²) in [6.07, 6.45) is 0. The third-order valence-electron chi connectivity index (χ3n) is 3.42. The minimum absolute atomic E-state index is 0.135. The van der Waals surface area contributed by atoms with Crippen molar-refractivity contribution < 1.29 is 13.9 Å². The SMILES string of the molecule is Cc1cc(=O)oc2ccc(OCC(=O)Nc3ccc(Cl)cc3)cc12. The fourth-order valence-corrected chi connectivity index (χ4v) is 2.39. The highest BCUT2D eigenvalue weighted by atomic mass is 35.5. The van der Waals surface area contributed by atoms with Crippen molar-refractivity contribution in [1.29, 1.82) is 0 Å². The third kappa shape index (κ3) is 3.75. The van der Waals surface area contributed by atoms with E-state index in [1.165, 1.54) is 6.07 Å². The molecule has 3 aromatic rings. The number of halogens is 1. The van der Waals surface area contributed by atoms with E-state index in [9.17, 15) is 9.59 Å². The number of fused-ring (bicyclic) bond motifs is 1. The predicted octanol–water partition coefficient (Wildman–Crippen LogP) is 3.77. The van der Waals surface area contributed by atoms with E-state index < -0.39 is 5.63 Å². The second-order valence-corrected chi connectivity index (χ2v) is 5.69. The van der Waals surface area contributed by atoms with Gasteiger partial charge in [0.25, 0.3) is 5.91 Å². The van der Waals surface area contributed by atoms with Gasteiger partial charge >= 0.3 is 5.63 Å². The average molecular weight is 344 g/mol. The maximum atomic E-state index is 11.9. The summed E-state index contributed by atoms with van der Waals surface area (Å²) in [6, 6.07) is 13.3. The molecule has 0 bridgehead atoms. The highest BCUT2D eigenvalue weighted by Gasteiger charge is 2.07. The summed E-state index contributed by atoms with van der Waals surface area (Å²) in [5.74, 6) is 0.236. The molecule has 2 aromatic carbocycles. The molecule has 0 aliphatic carbocycles. The zero-order valence-corrected chi connectivity index (χ0v) is 13.6. The van der Waals surface area contributed by atoms with Crippen LogP contribution in [0.2, 0.25) is 5.02 Å². The summed E-state index contributed by atoms with van der Waals surface area (Å²) in [7, 11) is 0. The molecular weight excluding hydrogens is 330 g/mol. The number of hydrogen-bond acceptors (Lipinski definition) is 4. The van der Waals surface area contributed by atoms with Crippen LogP contribution in [0.1, 0.15) is 5.56 Å². The Morgan fingerprint density at radius 2 is 1.92 bits per heavy atom. The van der Waals surface area contributed by atoms with Crippen LogP contribution >= 0.6 is 11.6 Å². The van der Waals surface area contributed by atoms with Gasteiger partial charge < -0.3 is 14.5 Å². The Morgan fingerprint density at radius 3 is 2.67 bits per heavy atom. The molecule has 1 amide bonds. The molecule has 24 heavy (non-hydrogen) atoms. The van der Waals surface area contributed by atoms with Gasteiger partial charge in [0.15, 0.2) is 6.61 Å². The van der Waals surface area contributed by atoms with Gasteiger partial charge in [0.05, 0.1) is 0 Å². The molecule has 0 aliphatic heterocycles. The van der Waals surface area contributed by atoms with Crippen molar-refractivity contribution in [2.45, 2.75) is 6.92 Å². The first kappa shape index (κ1) is 16.1. The number of carbonyl (C=O) groups is 1. The summed E-state index contributed by atoms with van der Waals surface area (Å²) < 4.78 is 10.6. The monoisotopic (exact) mass is 343 g/mol. The lowest BCUT2D eigenvalue weighted by Crippen LogP contribution is -2.20. The molecule has 1 heterocycles. The van der Waals surface area contributed by atoms with E-state index >= 15 is 0 Å². The number of benzene rings is 2. The molecule has 1 aromatic heterocycles. The molecule has 5 nitrogen and oxygen atoms in total. The summed E-state index contributed by atoms with van der Waals surface area (Å²) in [4.78, 5) is 23.3. The summed E-state index contributed by atoms with van der Waals surface area (Å²) in [5, 5.41) is 4.08. The number of ether oxygens (including phenoxy) is 1. The van der Waals surface area contributed by atoms with E-state index in [2.05, 4.69) is 5.32 Å². The van der Waals surface area contributed by atoms with Gasteiger partial charge in [-0.1, -0.05) is 11.6 Å². The fourth-order valence-electron chi connectivity index (χ4n) is 2.27. The molecule has 6 heteroatoms. The maximum Gasteiger partial charge on any atom is 0.336 e. The molecule has 0 spiro atoms. The van der Waals surface area contributed by atoms with Crippen molar-refractivity contribution in [3.63, 3.8) is 0 Å². The second-order valence-electron chi connectivity index (χ2n) is 5.25. The van der Waals surface area contributed by atoms with Crippen LogP contribution in [0.25, 0.3) is 11.0 Å². The zero-order valence-electron chi connectivity index (χ0n) is 12.8. The van der Waals surface area contributed by atoms with Crippen LogP contribution in [0.5, 0.6) is 5.75 Å². The quantitative estimate of drug-likeness (QED) is 0.732. The van der Waals surface area contributed by atoms with Gasteiger partial charge in [-0.05, 0) is 55.0 Å². The summed E-state index contributed by atoms with van der Waals surface area (Å²) >= 11 is 5.80. The molecule has 3 rings (SSSR count). The van der Waals surface area contributed by atoms with Crippen LogP contribution in [0.4, 0.5) is 5.69 Å². The van der Waals surface area contributed by atoms with Gasteiger partial charge in [-0.3, -0.25) is 4.79 Å². The molecule has 122 valence electrons. The smallest absolute Gasteiger partial charge is 0.336 e. The molecule has 0 saturated carbocycles. The van der Waals surface area contributed by atoms with Gasteiger partial charge in [-0.2, -0.15) is 0 Å². The summed E-state index contributed by atoms with van der Waals surface area (Å²) in [6.45, 7) is 1.68. The lowest BCUT2D eigenvalue weighted by atomic mass is 10.1. The van der Waals surface area contributed by atoms with Gasteiger partial charge in [-0.15, -0.1) is 0 Å². The number of nitrogens with one attached hydrogen (secondary N) is 1. The van der Waals surface area contributed by atoms with Crippen molar-refractivity contribution in [1.82, 2.24) is 0 Å². The Morgan fingerprint density at radius 1 is 1.17 bits per heavy atom. The minimum atomic E-state index is -0.393. The van der Waals surface area contributed by atoms with Gasteiger partial charge in [0.1, 0.15) is 11.3 Å². The Balaban J connectivity index is 1.68. The second kappa shape index (κ2) is 6.76. The molecule has 0 atom stereocenters. The Kier molecular flexibility index (Phi) is 4.53. The number of aryl methyl sites for hydroxylation is 1. The highest BCUT2D eigenvalue weighted by Crippen LogP contribution is 2.22. The zero-order chi connectivity index (χ0) is 17.1. The lowest BCUT2D eigenvalue weighted by Gasteiger charge is -2.09. The number of carbonyl (C=O) groups excluding carboxylic acids is 1. The van der Waals surface area contributed by atoms with Crippen molar-refractivity contribution in [2.24, 2.45) is 0 Å². The standard InChI is InChI=1S/C18H14ClNO4/c1-11-8-18(22)24-16-7-6-14(9-15(11)16)23-10-17(21)20-13-4-2-12(19)3-5-13/h2-9H,10H2,1H3,(H,20,21). The van der Waals surface area contributed by atoms with Gasteiger partial charge in [0.2, 0.25) is 0 Å². The molecule has 0 saturated heterocycles.